The van der Waals surface area contributed by atoms with Gasteiger partial charge < -0.3 is 15.4 Å². The first kappa shape index (κ1) is 16.8. The molecule has 2 aromatic carbocycles. The lowest BCUT2D eigenvalue weighted by Crippen LogP contribution is -2.03. The second-order valence-corrected chi connectivity index (χ2v) is 5.97. The average molecular weight is 334 g/mol. The smallest absolute Gasteiger partial charge is 0.229 e. The minimum absolute atomic E-state index is 0.524. The molecule has 0 unspecified atom stereocenters. The van der Waals surface area contributed by atoms with E-state index in [-0.39, 0.29) is 0 Å². The van der Waals surface area contributed by atoms with Crippen LogP contribution in [0.1, 0.15) is 16.8 Å². The number of nitrogens with one attached hydrogen (secondary N) is 2. The number of aryl methyl sites for hydroxylation is 3. The monoisotopic (exact) mass is 334 g/mol. The lowest BCUT2D eigenvalue weighted by atomic mass is 10.1. The van der Waals surface area contributed by atoms with E-state index in [1.807, 2.05) is 43.3 Å². The second-order valence-electron chi connectivity index (χ2n) is 5.97. The number of benzene rings is 2. The van der Waals surface area contributed by atoms with Crippen molar-refractivity contribution in [2.45, 2.75) is 20.8 Å². The van der Waals surface area contributed by atoms with Crippen LogP contribution in [0.4, 0.5) is 23.1 Å². The quantitative estimate of drug-likeness (QED) is 0.695. The van der Waals surface area contributed by atoms with Crippen LogP contribution in [0.5, 0.6) is 5.75 Å². The van der Waals surface area contributed by atoms with Crippen molar-refractivity contribution in [2.75, 3.05) is 17.7 Å². The van der Waals surface area contributed by atoms with Crippen LogP contribution < -0.4 is 15.4 Å². The Hall–Kier alpha value is -3.08. The van der Waals surface area contributed by atoms with Crippen molar-refractivity contribution >= 4 is 23.1 Å². The predicted octanol–water partition coefficient (Wildman–Crippen LogP) is 4.90. The zero-order valence-corrected chi connectivity index (χ0v) is 14.9. The molecule has 0 aliphatic heterocycles. The van der Waals surface area contributed by atoms with Gasteiger partial charge in [0.05, 0.1) is 12.8 Å². The summed E-state index contributed by atoms with van der Waals surface area (Å²) in [5.74, 6) is 2.01. The molecule has 128 valence electrons. The van der Waals surface area contributed by atoms with Crippen molar-refractivity contribution in [1.29, 1.82) is 0 Å². The third-order valence-corrected chi connectivity index (χ3v) is 3.99. The van der Waals surface area contributed by atoms with Gasteiger partial charge >= 0.3 is 0 Å². The number of aromatic nitrogens is 2. The van der Waals surface area contributed by atoms with Crippen LogP contribution in [0.2, 0.25) is 0 Å². The van der Waals surface area contributed by atoms with E-state index >= 15 is 0 Å². The molecule has 2 N–H and O–H groups in total. The van der Waals surface area contributed by atoms with E-state index in [2.05, 4.69) is 46.6 Å². The molecule has 0 aliphatic carbocycles. The number of nitrogens with zero attached hydrogens (tertiary/aromatic N) is 2. The number of anilines is 4. The Labute approximate surface area is 148 Å². The van der Waals surface area contributed by atoms with Crippen molar-refractivity contribution in [3.05, 3.63) is 65.4 Å². The van der Waals surface area contributed by atoms with Crippen molar-refractivity contribution in [1.82, 2.24) is 9.97 Å². The molecule has 0 amide bonds. The SMILES string of the molecule is COc1ccccc1Nc1nc(C)cc(Nc2ccc(C)c(C)c2)n1. The summed E-state index contributed by atoms with van der Waals surface area (Å²) in [5, 5.41) is 6.57. The minimum atomic E-state index is 0.524. The van der Waals surface area contributed by atoms with Gasteiger partial charge in [0.1, 0.15) is 11.6 Å². The average Bonchev–Trinajstić information content (AvgIpc) is 2.58. The van der Waals surface area contributed by atoms with Crippen LogP contribution in [0, 0.1) is 20.8 Å². The number of rotatable bonds is 5. The van der Waals surface area contributed by atoms with E-state index in [4.69, 9.17) is 4.74 Å². The number of ether oxygens (including phenoxy) is 1. The van der Waals surface area contributed by atoms with E-state index < -0.39 is 0 Å². The first-order valence-corrected chi connectivity index (χ1v) is 8.15. The van der Waals surface area contributed by atoms with Crippen LogP contribution in [-0.2, 0) is 0 Å². The van der Waals surface area contributed by atoms with Crippen LogP contribution in [0.25, 0.3) is 0 Å². The molecule has 3 aromatic rings. The van der Waals surface area contributed by atoms with E-state index in [0.717, 1.165) is 28.6 Å². The maximum atomic E-state index is 5.36. The molecule has 0 spiro atoms. The molecule has 1 aromatic heterocycles. The number of para-hydroxylation sites is 2. The highest BCUT2D eigenvalue weighted by Crippen LogP contribution is 2.26. The van der Waals surface area contributed by atoms with Gasteiger partial charge in [0.25, 0.3) is 0 Å². The van der Waals surface area contributed by atoms with Crippen LogP contribution in [0.15, 0.2) is 48.5 Å². The molecule has 3 rings (SSSR count). The molecular formula is C20H22N4O. The summed E-state index contributed by atoms with van der Waals surface area (Å²) >= 11 is 0. The maximum absolute atomic E-state index is 5.36. The Kier molecular flexibility index (Phi) is 4.84. The van der Waals surface area contributed by atoms with Gasteiger partial charge in [0, 0.05) is 17.4 Å². The number of hydrogen-bond acceptors (Lipinski definition) is 5. The molecule has 0 aliphatic rings. The van der Waals surface area contributed by atoms with Crippen LogP contribution >= 0.6 is 0 Å². The van der Waals surface area contributed by atoms with E-state index in [0.29, 0.717) is 5.95 Å². The van der Waals surface area contributed by atoms with Gasteiger partial charge in [0.15, 0.2) is 0 Å². The summed E-state index contributed by atoms with van der Waals surface area (Å²) in [5.41, 5.74) is 5.21. The Morgan fingerprint density at radius 2 is 1.64 bits per heavy atom. The summed E-state index contributed by atoms with van der Waals surface area (Å²) < 4.78 is 5.36. The zero-order valence-electron chi connectivity index (χ0n) is 14.9. The van der Waals surface area contributed by atoms with E-state index in [9.17, 15) is 0 Å². The van der Waals surface area contributed by atoms with Crippen molar-refractivity contribution < 1.29 is 4.74 Å². The van der Waals surface area contributed by atoms with Gasteiger partial charge in [-0.3, -0.25) is 0 Å². The highest BCUT2D eigenvalue weighted by atomic mass is 16.5. The molecule has 0 bridgehead atoms. The number of hydrogen-bond donors (Lipinski definition) is 2. The highest BCUT2D eigenvalue weighted by Gasteiger charge is 2.07. The van der Waals surface area contributed by atoms with E-state index in [1.54, 1.807) is 7.11 Å². The first-order chi connectivity index (χ1) is 12.0. The molecule has 25 heavy (non-hydrogen) atoms. The fourth-order valence-electron chi connectivity index (χ4n) is 2.52. The largest absolute Gasteiger partial charge is 0.495 e. The summed E-state index contributed by atoms with van der Waals surface area (Å²) in [6.45, 7) is 6.14. The third kappa shape index (κ3) is 4.07. The molecule has 0 radical (unpaired) electrons. The van der Waals surface area contributed by atoms with Gasteiger partial charge in [-0.15, -0.1) is 0 Å². The standard InChI is InChI=1S/C20H22N4O/c1-13-9-10-16(11-14(13)2)22-19-12-15(3)21-20(24-19)23-17-7-5-6-8-18(17)25-4/h5-12H,1-4H3,(H2,21,22,23,24). The molecule has 1 heterocycles. The van der Waals surface area contributed by atoms with Crippen LogP contribution in [0.3, 0.4) is 0 Å². The molecular weight excluding hydrogens is 312 g/mol. The van der Waals surface area contributed by atoms with Gasteiger partial charge in [-0.2, -0.15) is 4.98 Å². The summed E-state index contributed by atoms with van der Waals surface area (Å²) in [6, 6.07) is 15.9. The third-order valence-electron chi connectivity index (χ3n) is 3.99. The molecule has 0 saturated heterocycles. The Morgan fingerprint density at radius 3 is 2.40 bits per heavy atom. The van der Waals surface area contributed by atoms with Crippen LogP contribution in [-0.4, -0.2) is 17.1 Å². The highest BCUT2D eigenvalue weighted by molar-refractivity contribution is 5.64. The molecule has 5 heteroatoms. The summed E-state index contributed by atoms with van der Waals surface area (Å²) in [6.07, 6.45) is 0. The Balaban J connectivity index is 1.86. The topological polar surface area (TPSA) is 59.1 Å². The molecule has 0 saturated carbocycles. The number of methoxy groups -OCH3 is 1. The second kappa shape index (κ2) is 7.21. The summed E-state index contributed by atoms with van der Waals surface area (Å²) in [4.78, 5) is 9.02. The maximum Gasteiger partial charge on any atom is 0.229 e. The van der Waals surface area contributed by atoms with Crippen molar-refractivity contribution in [3.63, 3.8) is 0 Å². The fraction of sp³-hybridized carbons (Fsp3) is 0.200. The normalized spacial score (nSPS) is 10.4. The lowest BCUT2D eigenvalue weighted by molar-refractivity contribution is 0.417. The first-order valence-electron chi connectivity index (χ1n) is 8.15. The van der Waals surface area contributed by atoms with Crippen molar-refractivity contribution in [2.24, 2.45) is 0 Å². The molecule has 5 nitrogen and oxygen atoms in total. The van der Waals surface area contributed by atoms with Crippen molar-refractivity contribution in [3.8, 4) is 5.75 Å². The van der Waals surface area contributed by atoms with Gasteiger partial charge in [-0.25, -0.2) is 4.98 Å². The Morgan fingerprint density at radius 1 is 0.840 bits per heavy atom. The Bertz CT molecular complexity index is 893. The van der Waals surface area contributed by atoms with Gasteiger partial charge in [0.2, 0.25) is 5.95 Å². The lowest BCUT2D eigenvalue weighted by Gasteiger charge is -2.12. The van der Waals surface area contributed by atoms with E-state index in [1.165, 1.54) is 11.1 Å². The molecule has 0 atom stereocenters. The minimum Gasteiger partial charge on any atom is -0.495 e. The summed E-state index contributed by atoms with van der Waals surface area (Å²) in [7, 11) is 1.64. The van der Waals surface area contributed by atoms with Gasteiger partial charge in [-0.05, 0) is 56.2 Å². The van der Waals surface area contributed by atoms with Gasteiger partial charge in [-0.1, -0.05) is 18.2 Å². The zero-order chi connectivity index (χ0) is 17.8. The molecule has 0 fully saturated rings. The predicted molar refractivity (Wildman–Crippen MR) is 102 cm³/mol. The fourth-order valence-corrected chi connectivity index (χ4v) is 2.52.